The lowest BCUT2D eigenvalue weighted by Crippen LogP contribution is -2.42. The Balaban J connectivity index is 1.48. The molecule has 0 unspecified atom stereocenters. The maximum absolute atomic E-state index is 13.0. The average Bonchev–Trinajstić information content (AvgIpc) is 3.11. The fourth-order valence-electron chi connectivity index (χ4n) is 5.21. The number of amides is 2. The number of pyridine rings is 1. The van der Waals surface area contributed by atoms with E-state index < -0.39 is 20.0 Å². The number of nitrogens with one attached hydrogen (secondary N) is 2. The van der Waals surface area contributed by atoms with E-state index >= 15 is 0 Å². The number of carbonyl (C=O) groups excluding carboxylic acids is 2. The number of aromatic nitrogens is 3. The molecule has 13 heteroatoms. The number of unbranched alkanes of at least 4 members (excludes halogenated alkanes) is 2. The Bertz CT molecular complexity index is 1830. The molecule has 0 saturated carbocycles. The Labute approximate surface area is 315 Å². The van der Waals surface area contributed by atoms with Gasteiger partial charge in [0, 0.05) is 61.0 Å². The van der Waals surface area contributed by atoms with E-state index in [1.165, 1.54) is 0 Å². The van der Waals surface area contributed by atoms with Crippen molar-refractivity contribution in [1.82, 2.24) is 25.6 Å². The molecule has 2 amide bonds. The number of methoxy groups -OCH3 is 2. The molecule has 0 aliphatic carbocycles. The molecule has 0 atom stereocenters. The standard InChI is InChI=1S/C40H56N6O6Si/c1-39(2,3)52-38(48)43-18-13-11-12-17-42-37(47)35-22-28(16-19-41-35)36-27-44-33-15-14-29(25-34(33)45-36)46(20-21-51-53(9,10)40(4,5)6)30-23-31(49-7)26-32(24-30)50-8/h14-16,19,22-27H,11-13,17-18,20-21H2,1-10H3,(H,42,47)(H,43,48). The second-order valence-electron chi connectivity index (χ2n) is 15.4. The van der Waals surface area contributed by atoms with E-state index in [-0.39, 0.29) is 10.9 Å². The number of rotatable bonds is 16. The highest BCUT2D eigenvalue weighted by atomic mass is 28.4. The molecule has 0 saturated heterocycles. The van der Waals surface area contributed by atoms with Gasteiger partial charge in [0.25, 0.3) is 5.91 Å². The molecule has 12 nitrogen and oxygen atoms in total. The van der Waals surface area contributed by atoms with Crippen molar-refractivity contribution in [2.24, 2.45) is 0 Å². The molecule has 0 spiro atoms. The Kier molecular flexibility index (Phi) is 13.8. The van der Waals surface area contributed by atoms with Crippen LogP contribution in [0.25, 0.3) is 22.3 Å². The van der Waals surface area contributed by atoms with Gasteiger partial charge in [0.2, 0.25) is 0 Å². The molecule has 4 aromatic rings. The number of anilines is 2. The van der Waals surface area contributed by atoms with Crippen LogP contribution >= 0.6 is 0 Å². The minimum Gasteiger partial charge on any atom is -0.497 e. The van der Waals surface area contributed by atoms with Gasteiger partial charge >= 0.3 is 6.09 Å². The predicted octanol–water partition coefficient (Wildman–Crippen LogP) is 8.29. The first-order valence-electron chi connectivity index (χ1n) is 18.1. The number of fused-ring (bicyclic) bond motifs is 1. The third-order valence-electron chi connectivity index (χ3n) is 9.17. The predicted molar refractivity (Wildman–Crippen MR) is 213 cm³/mol. The fraction of sp³-hybridized carbons (Fsp3) is 0.475. The molecule has 53 heavy (non-hydrogen) atoms. The molecular weight excluding hydrogens is 689 g/mol. The van der Waals surface area contributed by atoms with Crippen LogP contribution in [0, 0.1) is 0 Å². The number of hydrogen-bond donors (Lipinski definition) is 2. The summed E-state index contributed by atoms with van der Waals surface area (Å²) in [6.07, 6.45) is 5.28. The summed E-state index contributed by atoms with van der Waals surface area (Å²) < 4.78 is 23.1. The number of hydrogen-bond acceptors (Lipinski definition) is 10. The normalized spacial score (nSPS) is 12.0. The van der Waals surface area contributed by atoms with Crippen LogP contribution in [0.15, 0.2) is 60.9 Å². The van der Waals surface area contributed by atoms with Gasteiger partial charge in [0.15, 0.2) is 8.32 Å². The van der Waals surface area contributed by atoms with Crippen molar-refractivity contribution in [3.8, 4) is 22.8 Å². The number of alkyl carbamates (subject to hydrolysis) is 1. The maximum atomic E-state index is 13.0. The van der Waals surface area contributed by atoms with Crippen molar-refractivity contribution in [1.29, 1.82) is 0 Å². The topological polar surface area (TPSA) is 137 Å². The van der Waals surface area contributed by atoms with Gasteiger partial charge < -0.3 is 34.2 Å². The molecule has 4 rings (SSSR count). The molecule has 0 aliphatic rings. The van der Waals surface area contributed by atoms with Crippen molar-refractivity contribution < 1.29 is 28.2 Å². The van der Waals surface area contributed by atoms with E-state index in [2.05, 4.69) is 54.4 Å². The molecule has 2 heterocycles. The molecule has 0 radical (unpaired) electrons. The van der Waals surface area contributed by atoms with Gasteiger partial charge in [-0.2, -0.15) is 0 Å². The summed E-state index contributed by atoms with van der Waals surface area (Å²) in [5.41, 5.74) is 4.37. The van der Waals surface area contributed by atoms with Crippen LogP contribution in [0.1, 0.15) is 71.3 Å². The highest BCUT2D eigenvalue weighted by molar-refractivity contribution is 6.74. The molecule has 0 aliphatic heterocycles. The van der Waals surface area contributed by atoms with Crippen molar-refractivity contribution in [3.63, 3.8) is 0 Å². The van der Waals surface area contributed by atoms with Crippen molar-refractivity contribution >= 4 is 42.7 Å². The van der Waals surface area contributed by atoms with Crippen molar-refractivity contribution in [3.05, 3.63) is 66.6 Å². The summed E-state index contributed by atoms with van der Waals surface area (Å²) >= 11 is 0. The summed E-state index contributed by atoms with van der Waals surface area (Å²) in [7, 11) is 1.30. The van der Waals surface area contributed by atoms with Crippen molar-refractivity contribution in [2.75, 3.05) is 45.4 Å². The van der Waals surface area contributed by atoms with Crippen LogP contribution in [0.5, 0.6) is 11.5 Å². The van der Waals surface area contributed by atoms with Gasteiger partial charge in [-0.25, -0.2) is 9.78 Å². The highest BCUT2D eigenvalue weighted by Gasteiger charge is 2.37. The third kappa shape index (κ3) is 11.9. The van der Waals surface area contributed by atoms with Crippen molar-refractivity contribution in [2.45, 2.75) is 84.5 Å². The van der Waals surface area contributed by atoms with E-state index in [1.807, 2.05) is 63.2 Å². The van der Waals surface area contributed by atoms with E-state index in [9.17, 15) is 9.59 Å². The first kappa shape index (κ1) is 41.0. The zero-order valence-corrected chi connectivity index (χ0v) is 34.0. The number of carbonyl (C=O) groups is 2. The molecule has 2 aromatic carbocycles. The summed E-state index contributed by atoms with van der Waals surface area (Å²) in [4.78, 5) is 40.9. The molecule has 2 N–H and O–H groups in total. The van der Waals surface area contributed by atoms with Crippen LogP contribution in [0.2, 0.25) is 18.1 Å². The van der Waals surface area contributed by atoms with E-state index in [4.69, 9.17) is 28.6 Å². The summed E-state index contributed by atoms with van der Waals surface area (Å²) in [6, 6.07) is 15.4. The number of ether oxygens (including phenoxy) is 3. The Hall–Kier alpha value is -4.75. The highest BCUT2D eigenvalue weighted by Crippen LogP contribution is 2.38. The van der Waals surface area contributed by atoms with Crippen LogP contribution in [-0.4, -0.2) is 81.3 Å². The minimum absolute atomic E-state index is 0.0862. The molecule has 2 aromatic heterocycles. The van der Waals surface area contributed by atoms with E-state index in [0.717, 1.165) is 41.7 Å². The zero-order valence-electron chi connectivity index (χ0n) is 33.0. The smallest absolute Gasteiger partial charge is 0.407 e. The quantitative estimate of drug-likeness (QED) is 0.0852. The average molecular weight is 745 g/mol. The first-order valence-corrected chi connectivity index (χ1v) is 21.0. The monoisotopic (exact) mass is 744 g/mol. The van der Waals surface area contributed by atoms with Gasteiger partial charge in [-0.15, -0.1) is 0 Å². The van der Waals surface area contributed by atoms with Gasteiger partial charge in [0.1, 0.15) is 22.8 Å². The fourth-order valence-corrected chi connectivity index (χ4v) is 6.24. The van der Waals surface area contributed by atoms with Gasteiger partial charge in [-0.05, 0) is 88.5 Å². The maximum Gasteiger partial charge on any atom is 0.407 e. The lowest BCUT2D eigenvalue weighted by molar-refractivity contribution is 0.0527. The Morgan fingerprint density at radius 2 is 1.47 bits per heavy atom. The SMILES string of the molecule is COc1cc(OC)cc(N(CCO[Si](C)(C)C(C)(C)C)c2ccc3ncc(-c4ccnc(C(=O)NCCCCCNC(=O)OC(C)(C)C)c4)nc3c2)c1. The zero-order chi connectivity index (χ0) is 38.8. The Morgan fingerprint density at radius 1 is 0.792 bits per heavy atom. The lowest BCUT2D eigenvalue weighted by Gasteiger charge is -2.37. The van der Waals surface area contributed by atoms with Gasteiger partial charge in [0.05, 0.1) is 43.8 Å². The van der Waals surface area contributed by atoms with Crippen LogP contribution < -0.4 is 25.0 Å². The molecule has 0 bridgehead atoms. The summed E-state index contributed by atoms with van der Waals surface area (Å²) in [6.45, 7) is 18.8. The molecule has 0 fully saturated rings. The number of nitrogens with zero attached hydrogens (tertiary/aromatic N) is 4. The number of benzene rings is 2. The molecule has 286 valence electrons. The van der Waals surface area contributed by atoms with Gasteiger partial charge in [-0.3, -0.25) is 14.8 Å². The van der Waals surface area contributed by atoms with Crippen LogP contribution in [0.4, 0.5) is 16.2 Å². The minimum atomic E-state index is -1.98. The van der Waals surface area contributed by atoms with Gasteiger partial charge in [-0.1, -0.05) is 20.8 Å². The summed E-state index contributed by atoms with van der Waals surface area (Å²) in [5.74, 6) is 1.10. The van der Waals surface area contributed by atoms with Crippen LogP contribution in [-0.2, 0) is 9.16 Å². The first-order chi connectivity index (χ1) is 25.0. The largest absolute Gasteiger partial charge is 0.497 e. The van der Waals surface area contributed by atoms with E-state index in [0.29, 0.717) is 54.6 Å². The van der Waals surface area contributed by atoms with Crippen LogP contribution in [0.3, 0.4) is 0 Å². The molecular formula is C40H56N6O6Si. The Morgan fingerprint density at radius 3 is 2.11 bits per heavy atom. The second kappa shape index (κ2) is 17.8. The second-order valence-corrected chi connectivity index (χ2v) is 20.2. The lowest BCUT2D eigenvalue weighted by atomic mass is 10.1. The summed E-state index contributed by atoms with van der Waals surface area (Å²) in [5, 5.41) is 5.78. The van der Waals surface area contributed by atoms with E-state index in [1.54, 1.807) is 32.7 Å². The third-order valence-corrected chi connectivity index (χ3v) is 13.7.